The fourth-order valence-corrected chi connectivity index (χ4v) is 2.12. The second kappa shape index (κ2) is 6.10. The van der Waals surface area contributed by atoms with E-state index in [1.165, 1.54) is 0 Å². The zero-order valence-electron chi connectivity index (χ0n) is 10.5. The fraction of sp³-hybridized carbons (Fsp3) is 0.176. The lowest BCUT2D eigenvalue weighted by atomic mass is 9.79. The Morgan fingerprint density at radius 2 is 1.05 bits per heavy atom. The maximum atomic E-state index is 11.3. The van der Waals surface area contributed by atoms with Crippen molar-refractivity contribution >= 4 is 12.6 Å². The SMILES string of the molecule is O=[C]C([C]=O)(Cc1ccccc1)Cc1ccccc1. The predicted molar refractivity (Wildman–Crippen MR) is 74.1 cm³/mol. The van der Waals surface area contributed by atoms with Gasteiger partial charge in [0, 0.05) is 0 Å². The molecule has 2 radical (unpaired) electrons. The molecule has 2 aromatic carbocycles. The zero-order chi connectivity index (χ0) is 13.6. The third-order valence-electron chi connectivity index (χ3n) is 3.09. The number of hydrogen-bond acceptors (Lipinski definition) is 2. The van der Waals surface area contributed by atoms with Gasteiger partial charge in [-0.15, -0.1) is 0 Å². The summed E-state index contributed by atoms with van der Waals surface area (Å²) in [6, 6.07) is 18.9. The van der Waals surface area contributed by atoms with Crippen molar-refractivity contribution in [2.75, 3.05) is 0 Å². The topological polar surface area (TPSA) is 34.1 Å². The number of rotatable bonds is 6. The third kappa shape index (κ3) is 3.38. The molecule has 0 spiro atoms. The maximum Gasteiger partial charge on any atom is 0.214 e. The first-order valence-corrected chi connectivity index (χ1v) is 6.14. The van der Waals surface area contributed by atoms with E-state index < -0.39 is 5.41 Å². The molecule has 0 bridgehead atoms. The van der Waals surface area contributed by atoms with Crippen molar-refractivity contribution in [3.63, 3.8) is 0 Å². The molecule has 0 atom stereocenters. The molecular weight excluding hydrogens is 236 g/mol. The zero-order valence-corrected chi connectivity index (χ0v) is 10.5. The number of benzene rings is 2. The Balaban J connectivity index is 2.23. The molecule has 2 rings (SSSR count). The summed E-state index contributed by atoms with van der Waals surface area (Å²) in [5.74, 6) is 0. The summed E-state index contributed by atoms with van der Waals surface area (Å²) in [6.45, 7) is 0. The molecule has 19 heavy (non-hydrogen) atoms. The van der Waals surface area contributed by atoms with Gasteiger partial charge in [-0.25, -0.2) is 0 Å². The summed E-state index contributed by atoms with van der Waals surface area (Å²) in [5.41, 5.74) is 0.651. The predicted octanol–water partition coefficient (Wildman–Crippen LogP) is 2.68. The van der Waals surface area contributed by atoms with E-state index >= 15 is 0 Å². The van der Waals surface area contributed by atoms with Crippen LogP contribution in [-0.2, 0) is 22.4 Å². The summed E-state index contributed by atoms with van der Waals surface area (Å²) in [7, 11) is 0. The molecule has 0 aromatic heterocycles. The van der Waals surface area contributed by atoms with E-state index in [0.29, 0.717) is 12.8 Å². The van der Waals surface area contributed by atoms with Crippen molar-refractivity contribution in [2.45, 2.75) is 12.8 Å². The van der Waals surface area contributed by atoms with Crippen molar-refractivity contribution in [1.82, 2.24) is 0 Å². The van der Waals surface area contributed by atoms with Gasteiger partial charge in [0.05, 0.1) is 0 Å². The van der Waals surface area contributed by atoms with Crippen molar-refractivity contribution in [3.05, 3.63) is 71.8 Å². The van der Waals surface area contributed by atoms with Crippen LogP contribution in [-0.4, -0.2) is 12.6 Å². The number of hydrogen-bond donors (Lipinski definition) is 0. The first-order chi connectivity index (χ1) is 9.28. The molecular formula is C17H14O2. The molecule has 0 saturated heterocycles. The normalized spacial score (nSPS) is 10.9. The Bertz CT molecular complexity index is 480. The Kier molecular flexibility index (Phi) is 4.24. The molecule has 94 valence electrons. The van der Waals surface area contributed by atoms with Crippen molar-refractivity contribution in [1.29, 1.82) is 0 Å². The molecule has 0 unspecified atom stereocenters. The van der Waals surface area contributed by atoms with Crippen LogP contribution in [0.1, 0.15) is 11.1 Å². The second-order valence-corrected chi connectivity index (χ2v) is 4.61. The first kappa shape index (κ1) is 13.2. The van der Waals surface area contributed by atoms with Gasteiger partial charge in [0.2, 0.25) is 12.6 Å². The molecule has 2 nitrogen and oxygen atoms in total. The Morgan fingerprint density at radius 1 is 0.684 bits per heavy atom. The van der Waals surface area contributed by atoms with Gasteiger partial charge in [0.15, 0.2) is 0 Å². The van der Waals surface area contributed by atoms with Crippen LogP contribution in [0, 0.1) is 5.41 Å². The standard InChI is InChI=1S/C17H14O2/c18-13-17(14-19,11-15-7-3-1-4-8-15)12-16-9-5-2-6-10-16/h1-10H,11-12H2. The van der Waals surface area contributed by atoms with Crippen LogP contribution in [0.3, 0.4) is 0 Å². The highest BCUT2D eigenvalue weighted by molar-refractivity contribution is 5.85. The maximum absolute atomic E-state index is 11.3. The van der Waals surface area contributed by atoms with Crippen LogP contribution in [0.2, 0.25) is 0 Å². The average Bonchev–Trinajstić information content (AvgIpc) is 2.48. The van der Waals surface area contributed by atoms with Crippen LogP contribution in [0.25, 0.3) is 0 Å². The van der Waals surface area contributed by atoms with Gasteiger partial charge in [-0.2, -0.15) is 0 Å². The lowest BCUT2D eigenvalue weighted by Crippen LogP contribution is -2.30. The lowest BCUT2D eigenvalue weighted by molar-refractivity contribution is 0.441. The summed E-state index contributed by atoms with van der Waals surface area (Å²) < 4.78 is 0. The third-order valence-corrected chi connectivity index (χ3v) is 3.09. The van der Waals surface area contributed by atoms with Gasteiger partial charge in [-0.1, -0.05) is 60.7 Å². The van der Waals surface area contributed by atoms with Gasteiger partial charge in [0.25, 0.3) is 0 Å². The van der Waals surface area contributed by atoms with Gasteiger partial charge in [-0.05, 0) is 24.0 Å². The summed E-state index contributed by atoms with van der Waals surface area (Å²) in [6.07, 6.45) is 4.44. The van der Waals surface area contributed by atoms with E-state index in [2.05, 4.69) is 0 Å². The van der Waals surface area contributed by atoms with E-state index in [4.69, 9.17) is 0 Å². The molecule has 0 saturated carbocycles. The van der Waals surface area contributed by atoms with E-state index in [1.54, 1.807) is 0 Å². The first-order valence-electron chi connectivity index (χ1n) is 6.14. The molecule has 0 N–H and O–H groups in total. The minimum Gasteiger partial charge on any atom is -0.290 e. The summed E-state index contributed by atoms with van der Waals surface area (Å²) in [4.78, 5) is 22.6. The molecule has 2 aromatic rings. The molecule has 2 heteroatoms. The average molecular weight is 250 g/mol. The molecule has 0 aliphatic carbocycles. The lowest BCUT2D eigenvalue weighted by Gasteiger charge is -2.19. The van der Waals surface area contributed by atoms with E-state index in [9.17, 15) is 9.59 Å². The van der Waals surface area contributed by atoms with Crippen LogP contribution in [0.5, 0.6) is 0 Å². The van der Waals surface area contributed by atoms with E-state index in [1.807, 2.05) is 73.2 Å². The van der Waals surface area contributed by atoms with Crippen LogP contribution in [0.4, 0.5) is 0 Å². The largest absolute Gasteiger partial charge is 0.290 e. The summed E-state index contributed by atoms with van der Waals surface area (Å²) in [5, 5.41) is 0. The highest BCUT2D eigenvalue weighted by atomic mass is 16.1. The van der Waals surface area contributed by atoms with Gasteiger partial charge >= 0.3 is 0 Å². The smallest absolute Gasteiger partial charge is 0.214 e. The van der Waals surface area contributed by atoms with Crippen LogP contribution >= 0.6 is 0 Å². The summed E-state index contributed by atoms with van der Waals surface area (Å²) >= 11 is 0. The minimum atomic E-state index is -1.22. The fourth-order valence-electron chi connectivity index (χ4n) is 2.12. The molecule has 0 aliphatic heterocycles. The Morgan fingerprint density at radius 3 is 1.37 bits per heavy atom. The number of carbonyl (C=O) groups excluding carboxylic acids is 2. The Labute approximate surface area is 113 Å². The van der Waals surface area contributed by atoms with Gasteiger partial charge < -0.3 is 0 Å². The van der Waals surface area contributed by atoms with Gasteiger partial charge in [0.1, 0.15) is 5.41 Å². The second-order valence-electron chi connectivity index (χ2n) is 4.61. The van der Waals surface area contributed by atoms with Crippen molar-refractivity contribution < 1.29 is 9.59 Å². The van der Waals surface area contributed by atoms with Crippen LogP contribution < -0.4 is 0 Å². The quantitative estimate of drug-likeness (QED) is 0.739. The molecule has 0 aliphatic rings. The van der Waals surface area contributed by atoms with Crippen LogP contribution in [0.15, 0.2) is 60.7 Å². The monoisotopic (exact) mass is 250 g/mol. The highest BCUT2D eigenvalue weighted by Crippen LogP contribution is 2.23. The highest BCUT2D eigenvalue weighted by Gasteiger charge is 2.32. The molecule has 0 heterocycles. The molecule has 0 amide bonds. The molecule has 0 fully saturated rings. The van der Waals surface area contributed by atoms with Gasteiger partial charge in [-0.3, -0.25) is 9.59 Å². The van der Waals surface area contributed by atoms with E-state index in [0.717, 1.165) is 11.1 Å². The van der Waals surface area contributed by atoms with Crippen molar-refractivity contribution in [3.8, 4) is 0 Å². The Hall–Kier alpha value is -2.22. The van der Waals surface area contributed by atoms with E-state index in [-0.39, 0.29) is 0 Å². The van der Waals surface area contributed by atoms with Crippen molar-refractivity contribution in [2.24, 2.45) is 5.41 Å². The minimum absolute atomic E-state index is 0.329.